The van der Waals surface area contributed by atoms with E-state index in [1.54, 1.807) is 0 Å². The summed E-state index contributed by atoms with van der Waals surface area (Å²) in [5, 5.41) is 0. The maximum absolute atomic E-state index is 6.10. The summed E-state index contributed by atoms with van der Waals surface area (Å²) in [6, 6.07) is 12.9. The van der Waals surface area contributed by atoms with E-state index < -0.39 is 0 Å². The average Bonchev–Trinajstić information content (AvgIpc) is 2.34. The van der Waals surface area contributed by atoms with Crippen molar-refractivity contribution in [1.29, 1.82) is 0 Å². The summed E-state index contributed by atoms with van der Waals surface area (Å²) in [4.78, 5) is 0. The van der Waals surface area contributed by atoms with Gasteiger partial charge in [0, 0.05) is 11.4 Å². The van der Waals surface area contributed by atoms with E-state index in [0.29, 0.717) is 0 Å². The Morgan fingerprint density at radius 2 is 1.06 bits per heavy atom. The zero-order valence-electron chi connectivity index (χ0n) is 10.4. The van der Waals surface area contributed by atoms with Gasteiger partial charge in [-0.1, -0.05) is 24.3 Å². The molecule has 2 heteroatoms. The van der Waals surface area contributed by atoms with E-state index in [1.165, 1.54) is 22.3 Å². The summed E-state index contributed by atoms with van der Waals surface area (Å²) in [6.45, 7) is 0. The van der Waals surface area contributed by atoms with E-state index in [9.17, 15) is 0 Å². The Labute approximate surface area is 108 Å². The third-order valence-corrected chi connectivity index (χ3v) is 3.79. The van der Waals surface area contributed by atoms with Crippen molar-refractivity contribution in [2.75, 3.05) is 11.5 Å². The van der Waals surface area contributed by atoms with Crippen LogP contribution in [0.1, 0.15) is 22.3 Å². The van der Waals surface area contributed by atoms with E-state index >= 15 is 0 Å². The average molecular weight is 238 g/mol. The first-order valence-corrected chi connectivity index (χ1v) is 6.47. The SMILES string of the molecule is Nc1cc2ccc1CCc1ccc(c(N)c1)CC2. The molecule has 4 bridgehead atoms. The van der Waals surface area contributed by atoms with Crippen LogP contribution in [-0.4, -0.2) is 0 Å². The third-order valence-electron chi connectivity index (χ3n) is 3.79. The van der Waals surface area contributed by atoms with Crippen molar-refractivity contribution in [3.63, 3.8) is 0 Å². The van der Waals surface area contributed by atoms with E-state index in [4.69, 9.17) is 11.5 Å². The minimum Gasteiger partial charge on any atom is -0.398 e. The molecular formula is C16H18N2. The van der Waals surface area contributed by atoms with E-state index in [1.807, 2.05) is 0 Å². The lowest BCUT2D eigenvalue weighted by Gasteiger charge is -2.13. The molecule has 0 atom stereocenters. The first-order chi connectivity index (χ1) is 8.72. The summed E-state index contributed by atoms with van der Waals surface area (Å²) >= 11 is 0. The molecule has 18 heavy (non-hydrogen) atoms. The lowest BCUT2D eigenvalue weighted by Crippen LogP contribution is -2.04. The number of aryl methyl sites for hydroxylation is 4. The molecule has 0 saturated carbocycles. The van der Waals surface area contributed by atoms with Gasteiger partial charge in [0.25, 0.3) is 0 Å². The molecule has 0 unspecified atom stereocenters. The summed E-state index contributed by atoms with van der Waals surface area (Å²) in [5.41, 5.74) is 19.1. The van der Waals surface area contributed by atoms with E-state index in [-0.39, 0.29) is 0 Å². The zero-order chi connectivity index (χ0) is 12.5. The monoisotopic (exact) mass is 238 g/mol. The van der Waals surface area contributed by atoms with Gasteiger partial charge >= 0.3 is 0 Å². The Hall–Kier alpha value is -1.96. The number of benzene rings is 2. The second kappa shape index (κ2) is 4.37. The number of rotatable bonds is 0. The normalized spacial score (nSPS) is 14.2. The summed E-state index contributed by atoms with van der Waals surface area (Å²) < 4.78 is 0. The molecule has 0 aliphatic heterocycles. The molecule has 0 aromatic heterocycles. The lowest BCUT2D eigenvalue weighted by atomic mass is 9.95. The molecule has 2 aromatic rings. The number of nitrogens with two attached hydrogens (primary N) is 2. The predicted molar refractivity (Wildman–Crippen MR) is 76.5 cm³/mol. The Bertz CT molecular complexity index is 534. The Balaban J connectivity index is 2.03. The molecule has 4 N–H and O–H groups in total. The van der Waals surface area contributed by atoms with Crippen molar-refractivity contribution in [2.24, 2.45) is 0 Å². The van der Waals surface area contributed by atoms with Crippen LogP contribution in [0.25, 0.3) is 0 Å². The van der Waals surface area contributed by atoms with Gasteiger partial charge in [-0.25, -0.2) is 0 Å². The minimum absolute atomic E-state index is 0.926. The lowest BCUT2D eigenvalue weighted by molar-refractivity contribution is 0.926. The highest BCUT2D eigenvalue weighted by molar-refractivity contribution is 5.53. The van der Waals surface area contributed by atoms with Crippen LogP contribution in [0.4, 0.5) is 11.4 Å². The third kappa shape index (κ3) is 2.06. The quantitative estimate of drug-likeness (QED) is 0.693. The van der Waals surface area contributed by atoms with Gasteiger partial charge in [-0.3, -0.25) is 0 Å². The van der Waals surface area contributed by atoms with Gasteiger partial charge in [0.05, 0.1) is 0 Å². The van der Waals surface area contributed by atoms with Crippen molar-refractivity contribution < 1.29 is 0 Å². The molecule has 0 radical (unpaired) electrons. The van der Waals surface area contributed by atoms with E-state index in [0.717, 1.165) is 37.1 Å². The van der Waals surface area contributed by atoms with Crippen molar-refractivity contribution >= 4 is 11.4 Å². The summed E-state index contributed by atoms with van der Waals surface area (Å²) in [7, 11) is 0. The van der Waals surface area contributed by atoms with E-state index in [2.05, 4.69) is 36.4 Å². The highest BCUT2D eigenvalue weighted by atomic mass is 14.6. The second-order valence-corrected chi connectivity index (χ2v) is 5.07. The number of hydrogen-bond acceptors (Lipinski definition) is 2. The van der Waals surface area contributed by atoms with Gasteiger partial charge < -0.3 is 11.5 Å². The largest absolute Gasteiger partial charge is 0.398 e. The molecule has 2 aromatic carbocycles. The smallest absolute Gasteiger partial charge is 0.0349 e. The number of anilines is 2. The molecule has 4 aliphatic carbocycles. The highest BCUT2D eigenvalue weighted by Gasteiger charge is 2.07. The molecule has 0 spiro atoms. The Morgan fingerprint density at radius 1 is 0.611 bits per heavy atom. The fraction of sp³-hybridized carbons (Fsp3) is 0.250. The van der Waals surface area contributed by atoms with Crippen LogP contribution < -0.4 is 11.5 Å². The fourth-order valence-electron chi connectivity index (χ4n) is 2.61. The molecule has 0 fully saturated rings. The van der Waals surface area contributed by atoms with Gasteiger partial charge in [-0.05, 0) is 60.1 Å². The number of nitrogen functional groups attached to an aromatic ring is 2. The van der Waals surface area contributed by atoms with Crippen LogP contribution >= 0.6 is 0 Å². The molecule has 6 rings (SSSR count). The second-order valence-electron chi connectivity index (χ2n) is 5.07. The van der Waals surface area contributed by atoms with Crippen molar-refractivity contribution in [2.45, 2.75) is 25.7 Å². The van der Waals surface area contributed by atoms with Gasteiger partial charge in [0.15, 0.2) is 0 Å². The molecular weight excluding hydrogens is 220 g/mol. The molecule has 0 saturated heterocycles. The first kappa shape index (κ1) is 11.1. The van der Waals surface area contributed by atoms with Crippen molar-refractivity contribution in [3.8, 4) is 0 Å². The van der Waals surface area contributed by atoms with Gasteiger partial charge in [0.1, 0.15) is 0 Å². The maximum atomic E-state index is 6.10. The topological polar surface area (TPSA) is 52.0 Å². The van der Waals surface area contributed by atoms with Gasteiger partial charge in [-0.15, -0.1) is 0 Å². The standard InChI is InChI=1S/C16H18N2/c17-15-9-11-1-5-13(15)8-4-12-2-6-14(7-3-11)16(18)10-12/h1-2,5-6,9-10H,3-4,7-8,17-18H2. The maximum Gasteiger partial charge on any atom is 0.0349 e. The van der Waals surface area contributed by atoms with Crippen molar-refractivity contribution in [1.82, 2.24) is 0 Å². The first-order valence-electron chi connectivity index (χ1n) is 6.47. The van der Waals surface area contributed by atoms with Crippen LogP contribution in [0.2, 0.25) is 0 Å². The summed E-state index contributed by atoms with van der Waals surface area (Å²) in [6.07, 6.45) is 3.94. The van der Waals surface area contributed by atoms with Crippen LogP contribution in [-0.2, 0) is 25.7 Å². The number of hydrogen-bond donors (Lipinski definition) is 2. The van der Waals surface area contributed by atoms with Crippen molar-refractivity contribution in [3.05, 3.63) is 58.7 Å². The van der Waals surface area contributed by atoms with Crippen LogP contribution in [0, 0.1) is 0 Å². The van der Waals surface area contributed by atoms with Crippen LogP contribution in [0.3, 0.4) is 0 Å². The highest BCUT2D eigenvalue weighted by Crippen LogP contribution is 2.23. The van der Waals surface area contributed by atoms with Crippen LogP contribution in [0.5, 0.6) is 0 Å². The molecule has 2 nitrogen and oxygen atoms in total. The Morgan fingerprint density at radius 3 is 1.44 bits per heavy atom. The Kier molecular flexibility index (Phi) is 2.71. The molecule has 0 amide bonds. The fourth-order valence-corrected chi connectivity index (χ4v) is 2.61. The zero-order valence-corrected chi connectivity index (χ0v) is 10.4. The van der Waals surface area contributed by atoms with Gasteiger partial charge in [-0.2, -0.15) is 0 Å². The van der Waals surface area contributed by atoms with Gasteiger partial charge in [0.2, 0.25) is 0 Å². The molecule has 4 aliphatic rings. The molecule has 0 heterocycles. The van der Waals surface area contributed by atoms with Crippen LogP contribution in [0.15, 0.2) is 36.4 Å². The predicted octanol–water partition coefficient (Wildman–Crippen LogP) is 2.73. The minimum atomic E-state index is 0.926. The molecule has 92 valence electrons. The summed E-state index contributed by atoms with van der Waals surface area (Å²) in [5.74, 6) is 0.